The number of carbonyl (C=O) groups excluding carboxylic acids is 1. The molecule has 0 aliphatic carbocycles. The van der Waals surface area contributed by atoms with Gasteiger partial charge in [0.25, 0.3) is 0 Å². The maximum atomic E-state index is 12.1. The average molecular weight is 310 g/mol. The number of carbonyl (C=O) groups is 1. The van der Waals surface area contributed by atoms with Crippen molar-refractivity contribution in [2.24, 2.45) is 0 Å². The standard InChI is InChI=1S/C17H34N4O/c1-15-6-7-16(2)21(15)14-11-19-9-12-20(13-10-19)17(22)5-4-8-18-3/h15-16,18H,4-14H2,1-3H3/t15-,16-/m0/s1. The Labute approximate surface area is 136 Å². The van der Waals surface area contributed by atoms with E-state index in [-0.39, 0.29) is 0 Å². The second-order valence-electron chi connectivity index (χ2n) is 6.94. The number of piperazine rings is 1. The Hall–Kier alpha value is -0.650. The molecule has 0 aromatic heterocycles. The van der Waals surface area contributed by atoms with E-state index >= 15 is 0 Å². The second-order valence-corrected chi connectivity index (χ2v) is 6.94. The van der Waals surface area contributed by atoms with Crippen LogP contribution in [0.1, 0.15) is 39.5 Å². The topological polar surface area (TPSA) is 38.8 Å². The molecule has 128 valence electrons. The Balaban J connectivity index is 1.63. The van der Waals surface area contributed by atoms with Crippen molar-refractivity contribution in [2.75, 3.05) is 52.9 Å². The average Bonchev–Trinajstić information content (AvgIpc) is 2.84. The molecule has 5 nitrogen and oxygen atoms in total. The largest absolute Gasteiger partial charge is 0.340 e. The van der Waals surface area contributed by atoms with Gasteiger partial charge in [0.1, 0.15) is 0 Å². The van der Waals surface area contributed by atoms with Gasteiger partial charge in [-0.25, -0.2) is 0 Å². The first-order chi connectivity index (χ1) is 10.6. The van der Waals surface area contributed by atoms with Crippen LogP contribution < -0.4 is 5.32 Å². The zero-order chi connectivity index (χ0) is 15.9. The maximum absolute atomic E-state index is 12.1. The van der Waals surface area contributed by atoms with Gasteiger partial charge in [-0.1, -0.05) is 0 Å². The predicted molar refractivity (Wildman–Crippen MR) is 91.0 cm³/mol. The Kier molecular flexibility index (Phi) is 7.12. The summed E-state index contributed by atoms with van der Waals surface area (Å²) in [5.41, 5.74) is 0. The predicted octanol–water partition coefficient (Wildman–Crippen LogP) is 1.00. The molecular formula is C17H34N4O. The number of nitrogens with zero attached hydrogens (tertiary/aromatic N) is 3. The summed E-state index contributed by atoms with van der Waals surface area (Å²) in [6.07, 6.45) is 4.32. The van der Waals surface area contributed by atoms with Gasteiger partial charge >= 0.3 is 0 Å². The van der Waals surface area contributed by atoms with E-state index in [0.29, 0.717) is 12.3 Å². The van der Waals surface area contributed by atoms with Crippen molar-refractivity contribution in [2.45, 2.75) is 51.6 Å². The minimum absolute atomic E-state index is 0.330. The summed E-state index contributed by atoms with van der Waals surface area (Å²) >= 11 is 0. The molecule has 0 aromatic carbocycles. The van der Waals surface area contributed by atoms with Crippen LogP contribution in [0, 0.1) is 0 Å². The first-order valence-corrected chi connectivity index (χ1v) is 9.02. The van der Waals surface area contributed by atoms with Crippen LogP contribution in [-0.4, -0.2) is 85.6 Å². The lowest BCUT2D eigenvalue weighted by Gasteiger charge is -2.36. The Morgan fingerprint density at radius 3 is 2.27 bits per heavy atom. The smallest absolute Gasteiger partial charge is 0.222 e. The third-order valence-electron chi connectivity index (χ3n) is 5.35. The molecular weight excluding hydrogens is 276 g/mol. The molecule has 2 atom stereocenters. The lowest BCUT2D eigenvalue weighted by molar-refractivity contribution is -0.133. The van der Waals surface area contributed by atoms with E-state index in [9.17, 15) is 4.79 Å². The molecule has 0 saturated carbocycles. The van der Waals surface area contributed by atoms with Crippen LogP contribution in [0.15, 0.2) is 0 Å². The van der Waals surface area contributed by atoms with Gasteiger partial charge in [-0.15, -0.1) is 0 Å². The zero-order valence-electron chi connectivity index (χ0n) is 14.7. The molecule has 22 heavy (non-hydrogen) atoms. The van der Waals surface area contributed by atoms with Crippen molar-refractivity contribution in [1.82, 2.24) is 20.0 Å². The fourth-order valence-electron chi connectivity index (χ4n) is 3.74. The Bertz CT molecular complexity index is 332. The van der Waals surface area contributed by atoms with E-state index in [1.54, 1.807) is 0 Å². The van der Waals surface area contributed by atoms with Gasteiger partial charge in [0.05, 0.1) is 0 Å². The molecule has 2 heterocycles. The molecule has 0 radical (unpaired) electrons. The summed E-state index contributed by atoms with van der Waals surface area (Å²) in [6, 6.07) is 1.48. The SMILES string of the molecule is CNCCCC(=O)N1CCN(CCN2[C@@H](C)CC[C@@H]2C)CC1. The van der Waals surface area contributed by atoms with Gasteiger partial charge in [0.15, 0.2) is 0 Å². The van der Waals surface area contributed by atoms with E-state index in [4.69, 9.17) is 0 Å². The first kappa shape index (κ1) is 17.7. The molecule has 1 N–H and O–H groups in total. The lowest BCUT2D eigenvalue weighted by atomic mass is 10.2. The van der Waals surface area contributed by atoms with Gasteiger partial charge in [-0.05, 0) is 46.7 Å². The van der Waals surface area contributed by atoms with Crippen LogP contribution in [-0.2, 0) is 4.79 Å². The Morgan fingerprint density at radius 2 is 1.68 bits per heavy atom. The second kappa shape index (κ2) is 8.85. The van der Waals surface area contributed by atoms with E-state index in [1.165, 1.54) is 19.4 Å². The molecule has 2 aliphatic heterocycles. The molecule has 2 saturated heterocycles. The summed E-state index contributed by atoms with van der Waals surface area (Å²) in [5.74, 6) is 0.330. The number of amides is 1. The molecule has 1 amide bonds. The molecule has 2 aliphatic rings. The van der Waals surface area contributed by atoms with Crippen LogP contribution in [0.3, 0.4) is 0 Å². The third kappa shape index (κ3) is 4.93. The lowest BCUT2D eigenvalue weighted by Crippen LogP contribution is -2.50. The zero-order valence-corrected chi connectivity index (χ0v) is 14.7. The highest BCUT2D eigenvalue weighted by atomic mass is 16.2. The number of nitrogens with one attached hydrogen (secondary N) is 1. The minimum Gasteiger partial charge on any atom is -0.340 e. The summed E-state index contributed by atoms with van der Waals surface area (Å²) in [7, 11) is 1.94. The fourth-order valence-corrected chi connectivity index (χ4v) is 3.74. The van der Waals surface area contributed by atoms with E-state index in [0.717, 1.165) is 57.8 Å². The van der Waals surface area contributed by atoms with Crippen molar-refractivity contribution in [1.29, 1.82) is 0 Å². The number of rotatable bonds is 7. The number of hydrogen-bond donors (Lipinski definition) is 1. The quantitative estimate of drug-likeness (QED) is 0.712. The van der Waals surface area contributed by atoms with Crippen molar-refractivity contribution in [3.63, 3.8) is 0 Å². The van der Waals surface area contributed by atoms with Crippen LogP contribution in [0.4, 0.5) is 0 Å². The number of likely N-dealkylation sites (tertiary alicyclic amines) is 1. The van der Waals surface area contributed by atoms with Crippen molar-refractivity contribution >= 4 is 5.91 Å². The van der Waals surface area contributed by atoms with Crippen LogP contribution in [0.25, 0.3) is 0 Å². The molecule has 0 aromatic rings. The van der Waals surface area contributed by atoms with Crippen molar-refractivity contribution in [3.8, 4) is 0 Å². The molecule has 0 bridgehead atoms. The highest BCUT2D eigenvalue weighted by Crippen LogP contribution is 2.22. The van der Waals surface area contributed by atoms with Crippen LogP contribution in [0.5, 0.6) is 0 Å². The molecule has 5 heteroatoms. The summed E-state index contributed by atoms with van der Waals surface area (Å²) < 4.78 is 0. The monoisotopic (exact) mass is 310 g/mol. The van der Waals surface area contributed by atoms with E-state index in [1.807, 2.05) is 11.9 Å². The summed E-state index contributed by atoms with van der Waals surface area (Å²) in [5, 5.41) is 3.10. The van der Waals surface area contributed by atoms with Gasteiger partial charge in [-0.3, -0.25) is 14.6 Å². The van der Waals surface area contributed by atoms with Crippen LogP contribution >= 0.6 is 0 Å². The number of hydrogen-bond acceptors (Lipinski definition) is 4. The summed E-state index contributed by atoms with van der Waals surface area (Å²) in [4.78, 5) is 19.3. The molecule has 0 spiro atoms. The van der Waals surface area contributed by atoms with Crippen molar-refractivity contribution < 1.29 is 4.79 Å². The Morgan fingerprint density at radius 1 is 1.05 bits per heavy atom. The normalized spacial score (nSPS) is 27.5. The first-order valence-electron chi connectivity index (χ1n) is 9.02. The summed E-state index contributed by atoms with van der Waals surface area (Å²) in [6.45, 7) is 11.8. The highest BCUT2D eigenvalue weighted by molar-refractivity contribution is 5.76. The molecule has 2 fully saturated rings. The molecule has 0 unspecified atom stereocenters. The van der Waals surface area contributed by atoms with E-state index in [2.05, 4.69) is 29.0 Å². The van der Waals surface area contributed by atoms with E-state index < -0.39 is 0 Å². The highest BCUT2D eigenvalue weighted by Gasteiger charge is 2.28. The van der Waals surface area contributed by atoms with Crippen LogP contribution in [0.2, 0.25) is 0 Å². The van der Waals surface area contributed by atoms with Crippen molar-refractivity contribution in [3.05, 3.63) is 0 Å². The van der Waals surface area contributed by atoms with Gasteiger partial charge in [0, 0.05) is 57.8 Å². The third-order valence-corrected chi connectivity index (χ3v) is 5.35. The van der Waals surface area contributed by atoms with Gasteiger partial charge < -0.3 is 10.2 Å². The molecule has 2 rings (SSSR count). The minimum atomic E-state index is 0.330. The maximum Gasteiger partial charge on any atom is 0.222 e. The fraction of sp³-hybridized carbons (Fsp3) is 0.941. The van der Waals surface area contributed by atoms with Gasteiger partial charge in [-0.2, -0.15) is 0 Å². The van der Waals surface area contributed by atoms with Gasteiger partial charge in [0.2, 0.25) is 5.91 Å².